The van der Waals surface area contributed by atoms with Crippen LogP contribution in [0.3, 0.4) is 0 Å². The van der Waals surface area contributed by atoms with Gasteiger partial charge in [-0.05, 0) is 18.2 Å². The molecule has 0 bridgehead atoms. The summed E-state index contributed by atoms with van der Waals surface area (Å²) >= 11 is 0. The summed E-state index contributed by atoms with van der Waals surface area (Å²) in [4.78, 5) is 23.6. The van der Waals surface area contributed by atoms with Crippen molar-refractivity contribution in [2.45, 2.75) is 6.54 Å². The van der Waals surface area contributed by atoms with Crippen molar-refractivity contribution in [3.8, 4) is 22.9 Å². The Balaban J connectivity index is 2.36. The first kappa shape index (κ1) is 16.3. The number of hydrogen-bond donors (Lipinski definition) is 1. The summed E-state index contributed by atoms with van der Waals surface area (Å²) in [5.74, 6) is 0.172. The zero-order valence-corrected chi connectivity index (χ0v) is 12.9. The van der Waals surface area contributed by atoms with Crippen LogP contribution in [-0.2, 0) is 11.3 Å². The molecule has 0 fully saturated rings. The van der Waals surface area contributed by atoms with Gasteiger partial charge >= 0.3 is 5.76 Å². The molecule has 1 amide bonds. The molecule has 122 valence electrons. The SMILES string of the molecule is C=CCNC(=O)Cn1c(-c2ccc(OC)c(OC)c2)noc1=O. The van der Waals surface area contributed by atoms with Crippen molar-refractivity contribution in [1.29, 1.82) is 0 Å². The maximum atomic E-state index is 11.8. The van der Waals surface area contributed by atoms with E-state index in [1.165, 1.54) is 14.2 Å². The smallest absolute Gasteiger partial charge is 0.442 e. The van der Waals surface area contributed by atoms with Gasteiger partial charge in [-0.1, -0.05) is 11.2 Å². The van der Waals surface area contributed by atoms with Crippen molar-refractivity contribution in [3.05, 3.63) is 41.4 Å². The molecule has 0 aliphatic carbocycles. The highest BCUT2D eigenvalue weighted by atomic mass is 16.5. The summed E-state index contributed by atoms with van der Waals surface area (Å²) in [6.45, 7) is 3.61. The second kappa shape index (κ2) is 7.30. The van der Waals surface area contributed by atoms with Crippen LogP contribution in [0.2, 0.25) is 0 Å². The Bertz CT molecular complexity index is 763. The molecule has 0 unspecified atom stereocenters. The van der Waals surface area contributed by atoms with E-state index in [0.29, 0.717) is 23.6 Å². The first-order valence-electron chi connectivity index (χ1n) is 6.77. The van der Waals surface area contributed by atoms with E-state index in [1.807, 2.05) is 0 Å². The van der Waals surface area contributed by atoms with E-state index < -0.39 is 5.76 Å². The Morgan fingerprint density at radius 3 is 2.78 bits per heavy atom. The number of rotatable bonds is 7. The topological polar surface area (TPSA) is 95.6 Å². The predicted octanol–water partition coefficient (Wildman–Crippen LogP) is 0.823. The van der Waals surface area contributed by atoms with E-state index >= 15 is 0 Å². The standard InChI is InChI=1S/C15H17N3O5/c1-4-7-16-13(19)9-18-14(17-23-15(18)20)10-5-6-11(21-2)12(8-10)22-3/h4-6,8H,1,7,9H2,2-3H3,(H,16,19). The minimum atomic E-state index is -0.719. The minimum absolute atomic E-state index is 0.208. The Morgan fingerprint density at radius 2 is 2.13 bits per heavy atom. The number of ether oxygens (including phenoxy) is 2. The van der Waals surface area contributed by atoms with Crippen LogP contribution < -0.4 is 20.5 Å². The fourth-order valence-corrected chi connectivity index (χ4v) is 1.98. The number of benzene rings is 1. The van der Waals surface area contributed by atoms with Crippen LogP contribution in [0.25, 0.3) is 11.4 Å². The zero-order chi connectivity index (χ0) is 16.8. The summed E-state index contributed by atoms with van der Waals surface area (Å²) in [6.07, 6.45) is 1.55. The number of carbonyl (C=O) groups excluding carboxylic acids is 1. The number of nitrogens with one attached hydrogen (secondary N) is 1. The fourth-order valence-electron chi connectivity index (χ4n) is 1.98. The molecule has 0 saturated carbocycles. The van der Waals surface area contributed by atoms with Gasteiger partial charge < -0.3 is 14.8 Å². The van der Waals surface area contributed by atoms with Gasteiger partial charge in [-0.3, -0.25) is 9.32 Å². The Labute approximate surface area is 132 Å². The maximum absolute atomic E-state index is 11.8. The number of methoxy groups -OCH3 is 2. The molecule has 8 nitrogen and oxygen atoms in total. The van der Waals surface area contributed by atoms with E-state index in [0.717, 1.165) is 4.57 Å². The first-order valence-corrected chi connectivity index (χ1v) is 6.77. The highest BCUT2D eigenvalue weighted by Gasteiger charge is 2.17. The quantitative estimate of drug-likeness (QED) is 0.759. The third-order valence-electron chi connectivity index (χ3n) is 3.07. The molecule has 2 rings (SSSR count). The predicted molar refractivity (Wildman–Crippen MR) is 82.5 cm³/mol. The molecule has 1 aromatic carbocycles. The second-order valence-corrected chi connectivity index (χ2v) is 4.52. The fraction of sp³-hybridized carbons (Fsp3) is 0.267. The monoisotopic (exact) mass is 319 g/mol. The van der Waals surface area contributed by atoms with Crippen molar-refractivity contribution in [2.75, 3.05) is 20.8 Å². The lowest BCUT2D eigenvalue weighted by Gasteiger charge is -2.09. The molecule has 8 heteroatoms. The molecule has 0 aliphatic rings. The largest absolute Gasteiger partial charge is 0.493 e. The molecule has 1 aromatic heterocycles. The Hall–Kier alpha value is -3.03. The third kappa shape index (κ3) is 3.60. The molecule has 1 heterocycles. The number of nitrogens with zero attached hydrogens (tertiary/aromatic N) is 2. The van der Waals surface area contributed by atoms with Gasteiger partial charge in [0.2, 0.25) is 5.91 Å². The minimum Gasteiger partial charge on any atom is -0.493 e. The van der Waals surface area contributed by atoms with Crippen LogP contribution in [0.1, 0.15) is 0 Å². The van der Waals surface area contributed by atoms with Crippen molar-refractivity contribution in [2.24, 2.45) is 0 Å². The molecular formula is C15H17N3O5. The number of hydrogen-bond acceptors (Lipinski definition) is 6. The zero-order valence-electron chi connectivity index (χ0n) is 12.9. The number of amides is 1. The Kier molecular flexibility index (Phi) is 5.19. The summed E-state index contributed by atoms with van der Waals surface area (Å²) in [5, 5.41) is 6.32. The second-order valence-electron chi connectivity index (χ2n) is 4.52. The van der Waals surface area contributed by atoms with Gasteiger partial charge in [0.05, 0.1) is 14.2 Å². The van der Waals surface area contributed by atoms with Crippen LogP contribution in [-0.4, -0.2) is 36.4 Å². The molecule has 0 atom stereocenters. The summed E-state index contributed by atoms with van der Waals surface area (Å²) in [7, 11) is 3.02. The van der Waals surface area contributed by atoms with Gasteiger partial charge in [0.1, 0.15) is 6.54 Å². The number of carbonyl (C=O) groups is 1. The summed E-state index contributed by atoms with van der Waals surface area (Å²) in [5.41, 5.74) is 0.560. The van der Waals surface area contributed by atoms with Crippen molar-refractivity contribution in [1.82, 2.24) is 15.0 Å². The lowest BCUT2D eigenvalue weighted by atomic mass is 10.2. The molecular weight excluding hydrogens is 302 g/mol. The summed E-state index contributed by atoms with van der Waals surface area (Å²) in [6, 6.07) is 5.01. The van der Waals surface area contributed by atoms with Gasteiger partial charge in [-0.2, -0.15) is 0 Å². The lowest BCUT2D eigenvalue weighted by molar-refractivity contribution is -0.121. The van der Waals surface area contributed by atoms with E-state index in [2.05, 4.69) is 21.6 Å². The third-order valence-corrected chi connectivity index (χ3v) is 3.07. The molecule has 1 N–H and O–H groups in total. The molecule has 2 aromatic rings. The van der Waals surface area contributed by atoms with Crippen LogP contribution >= 0.6 is 0 Å². The molecule has 0 spiro atoms. The molecule has 0 radical (unpaired) electrons. The van der Waals surface area contributed by atoms with Gasteiger partial charge in [-0.15, -0.1) is 6.58 Å². The van der Waals surface area contributed by atoms with E-state index in [1.54, 1.807) is 24.3 Å². The average Bonchev–Trinajstić information content (AvgIpc) is 2.93. The van der Waals surface area contributed by atoms with Crippen LogP contribution in [0.15, 0.2) is 40.2 Å². The van der Waals surface area contributed by atoms with Crippen LogP contribution in [0.4, 0.5) is 0 Å². The van der Waals surface area contributed by atoms with E-state index in [-0.39, 0.29) is 18.3 Å². The maximum Gasteiger partial charge on any atom is 0.442 e. The lowest BCUT2D eigenvalue weighted by Crippen LogP contribution is -2.31. The van der Waals surface area contributed by atoms with Gasteiger partial charge in [0.25, 0.3) is 0 Å². The van der Waals surface area contributed by atoms with Gasteiger partial charge in [0.15, 0.2) is 17.3 Å². The van der Waals surface area contributed by atoms with Crippen molar-refractivity contribution < 1.29 is 18.8 Å². The van der Waals surface area contributed by atoms with Crippen molar-refractivity contribution in [3.63, 3.8) is 0 Å². The molecule has 0 saturated heterocycles. The Morgan fingerprint density at radius 1 is 1.39 bits per heavy atom. The highest BCUT2D eigenvalue weighted by molar-refractivity contribution is 5.76. The van der Waals surface area contributed by atoms with Crippen LogP contribution in [0, 0.1) is 0 Å². The highest BCUT2D eigenvalue weighted by Crippen LogP contribution is 2.31. The van der Waals surface area contributed by atoms with Gasteiger partial charge in [-0.25, -0.2) is 9.36 Å². The van der Waals surface area contributed by atoms with Gasteiger partial charge in [0, 0.05) is 12.1 Å². The average molecular weight is 319 g/mol. The van der Waals surface area contributed by atoms with E-state index in [4.69, 9.17) is 9.47 Å². The first-order chi connectivity index (χ1) is 11.1. The summed E-state index contributed by atoms with van der Waals surface area (Å²) < 4.78 is 16.2. The van der Waals surface area contributed by atoms with Crippen LogP contribution in [0.5, 0.6) is 11.5 Å². The molecule has 23 heavy (non-hydrogen) atoms. The van der Waals surface area contributed by atoms with E-state index in [9.17, 15) is 9.59 Å². The normalized spacial score (nSPS) is 10.2. The molecule has 0 aliphatic heterocycles. The number of aromatic nitrogens is 2. The van der Waals surface area contributed by atoms with Crippen molar-refractivity contribution >= 4 is 5.91 Å².